The van der Waals surface area contributed by atoms with Crippen molar-refractivity contribution in [2.24, 2.45) is 0 Å². The molecule has 1 unspecified atom stereocenters. The third kappa shape index (κ3) is 11.0. The minimum Gasteiger partial charge on any atom is -0.481 e. The van der Waals surface area contributed by atoms with Gasteiger partial charge in [0.25, 0.3) is 0 Å². The smallest absolute Gasteiger partial charge is 0.315 e. The lowest BCUT2D eigenvalue weighted by Gasteiger charge is -2.14. The SMILES string of the molecule is CCOCC(C)NC(=O)NCCCCC(=O)O. The molecule has 6 heteroatoms. The van der Waals surface area contributed by atoms with Crippen molar-refractivity contribution in [1.82, 2.24) is 10.6 Å². The molecule has 6 nitrogen and oxygen atoms in total. The lowest BCUT2D eigenvalue weighted by Crippen LogP contribution is -2.43. The van der Waals surface area contributed by atoms with Crippen LogP contribution in [-0.2, 0) is 9.53 Å². The Morgan fingerprint density at radius 2 is 2.06 bits per heavy atom. The number of hydrogen-bond donors (Lipinski definition) is 3. The molecular weight excluding hydrogens is 224 g/mol. The molecule has 0 aliphatic heterocycles. The number of carboxylic acid groups (broad SMARTS) is 1. The second-order valence-corrected chi connectivity index (χ2v) is 3.81. The van der Waals surface area contributed by atoms with Crippen LogP contribution in [0, 0.1) is 0 Å². The van der Waals surface area contributed by atoms with Gasteiger partial charge in [0.15, 0.2) is 0 Å². The van der Waals surface area contributed by atoms with Gasteiger partial charge in [-0.05, 0) is 26.7 Å². The highest BCUT2D eigenvalue weighted by Gasteiger charge is 2.06. The zero-order valence-electron chi connectivity index (χ0n) is 10.5. The van der Waals surface area contributed by atoms with Crippen LogP contribution in [0.4, 0.5) is 4.79 Å². The van der Waals surface area contributed by atoms with Gasteiger partial charge in [-0.3, -0.25) is 4.79 Å². The molecule has 1 atom stereocenters. The Hall–Kier alpha value is -1.30. The molecule has 0 aliphatic carbocycles. The van der Waals surface area contributed by atoms with Gasteiger partial charge in [-0.2, -0.15) is 0 Å². The van der Waals surface area contributed by atoms with E-state index in [1.54, 1.807) is 0 Å². The number of amides is 2. The van der Waals surface area contributed by atoms with E-state index in [4.69, 9.17) is 9.84 Å². The van der Waals surface area contributed by atoms with Gasteiger partial charge < -0.3 is 20.5 Å². The molecule has 0 aliphatic rings. The predicted octanol–water partition coefficient (Wildman–Crippen LogP) is 0.965. The summed E-state index contributed by atoms with van der Waals surface area (Å²) in [4.78, 5) is 21.5. The van der Waals surface area contributed by atoms with E-state index in [0.717, 1.165) is 0 Å². The van der Waals surface area contributed by atoms with Crippen LogP contribution in [-0.4, -0.2) is 42.9 Å². The summed E-state index contributed by atoms with van der Waals surface area (Å²) in [6.45, 7) is 5.36. The van der Waals surface area contributed by atoms with Crippen molar-refractivity contribution in [2.75, 3.05) is 19.8 Å². The second-order valence-electron chi connectivity index (χ2n) is 3.81. The lowest BCUT2D eigenvalue weighted by molar-refractivity contribution is -0.137. The fraction of sp³-hybridized carbons (Fsp3) is 0.818. The first kappa shape index (κ1) is 15.7. The highest BCUT2D eigenvalue weighted by atomic mass is 16.5. The van der Waals surface area contributed by atoms with Crippen LogP contribution in [0.15, 0.2) is 0 Å². The van der Waals surface area contributed by atoms with Gasteiger partial charge in [0.05, 0.1) is 12.6 Å². The number of unbranched alkanes of at least 4 members (excludes halogenated alkanes) is 1. The van der Waals surface area contributed by atoms with Crippen LogP contribution in [0.1, 0.15) is 33.1 Å². The van der Waals surface area contributed by atoms with Gasteiger partial charge >= 0.3 is 12.0 Å². The molecule has 3 N–H and O–H groups in total. The first-order chi connectivity index (χ1) is 8.06. The zero-order valence-corrected chi connectivity index (χ0v) is 10.5. The minimum absolute atomic E-state index is 0.0334. The van der Waals surface area contributed by atoms with E-state index in [1.165, 1.54) is 0 Å². The van der Waals surface area contributed by atoms with E-state index in [2.05, 4.69) is 10.6 Å². The molecule has 0 aromatic rings. The van der Waals surface area contributed by atoms with Crippen molar-refractivity contribution >= 4 is 12.0 Å². The maximum absolute atomic E-state index is 11.3. The Morgan fingerprint density at radius 1 is 1.35 bits per heavy atom. The van der Waals surface area contributed by atoms with Crippen LogP contribution < -0.4 is 10.6 Å². The number of carboxylic acids is 1. The summed E-state index contributed by atoms with van der Waals surface area (Å²) in [6, 6.07) is -0.276. The molecule has 100 valence electrons. The summed E-state index contributed by atoms with van der Waals surface area (Å²) < 4.78 is 5.16. The van der Waals surface area contributed by atoms with Crippen LogP contribution >= 0.6 is 0 Å². The summed E-state index contributed by atoms with van der Waals surface area (Å²) in [6.07, 6.45) is 1.38. The number of ether oxygens (including phenoxy) is 1. The zero-order chi connectivity index (χ0) is 13.1. The number of rotatable bonds is 9. The summed E-state index contributed by atoms with van der Waals surface area (Å²) in [5.74, 6) is -0.806. The van der Waals surface area contributed by atoms with Crippen LogP contribution in [0.5, 0.6) is 0 Å². The largest absolute Gasteiger partial charge is 0.481 e. The Bertz CT molecular complexity index is 234. The molecule has 0 rings (SSSR count). The minimum atomic E-state index is -0.806. The lowest BCUT2D eigenvalue weighted by atomic mass is 10.2. The van der Waals surface area contributed by atoms with Gasteiger partial charge in [0.2, 0.25) is 0 Å². The highest BCUT2D eigenvalue weighted by molar-refractivity contribution is 5.74. The molecule has 17 heavy (non-hydrogen) atoms. The van der Waals surface area contributed by atoms with Gasteiger partial charge in [0, 0.05) is 19.6 Å². The second kappa shape index (κ2) is 9.89. The summed E-state index contributed by atoms with van der Waals surface area (Å²) in [5, 5.41) is 13.8. The van der Waals surface area contributed by atoms with Crippen molar-refractivity contribution in [3.05, 3.63) is 0 Å². The Labute approximate surface area is 102 Å². The normalized spacial score (nSPS) is 11.9. The summed E-state index contributed by atoms with van der Waals surface area (Å²) in [5.41, 5.74) is 0. The van der Waals surface area contributed by atoms with Crippen molar-refractivity contribution in [2.45, 2.75) is 39.2 Å². The van der Waals surface area contributed by atoms with E-state index >= 15 is 0 Å². The molecule has 0 radical (unpaired) electrons. The van der Waals surface area contributed by atoms with Crippen molar-refractivity contribution < 1.29 is 19.4 Å². The third-order valence-electron chi connectivity index (χ3n) is 2.05. The Balaban J connectivity index is 3.42. The van der Waals surface area contributed by atoms with Crippen LogP contribution in [0.2, 0.25) is 0 Å². The fourth-order valence-corrected chi connectivity index (χ4v) is 1.21. The fourth-order valence-electron chi connectivity index (χ4n) is 1.21. The van der Waals surface area contributed by atoms with Gasteiger partial charge in [-0.25, -0.2) is 4.79 Å². The number of aliphatic carboxylic acids is 1. The molecule has 0 fully saturated rings. The maximum atomic E-state index is 11.3. The number of carbonyl (C=O) groups is 2. The molecule has 0 heterocycles. The third-order valence-corrected chi connectivity index (χ3v) is 2.05. The quantitative estimate of drug-likeness (QED) is 0.529. The van der Waals surface area contributed by atoms with Crippen LogP contribution in [0.25, 0.3) is 0 Å². The number of carbonyl (C=O) groups excluding carboxylic acids is 1. The van der Waals surface area contributed by atoms with Crippen LogP contribution in [0.3, 0.4) is 0 Å². The summed E-state index contributed by atoms with van der Waals surface area (Å²) in [7, 11) is 0. The number of urea groups is 1. The molecule has 0 bridgehead atoms. The van der Waals surface area contributed by atoms with Crippen molar-refractivity contribution in [3.63, 3.8) is 0 Å². The van der Waals surface area contributed by atoms with E-state index < -0.39 is 5.97 Å². The topological polar surface area (TPSA) is 87.7 Å². The Morgan fingerprint density at radius 3 is 2.65 bits per heavy atom. The molecule has 0 aromatic heterocycles. The van der Waals surface area contributed by atoms with Crippen molar-refractivity contribution in [1.29, 1.82) is 0 Å². The van der Waals surface area contributed by atoms with E-state index in [-0.39, 0.29) is 18.5 Å². The van der Waals surface area contributed by atoms with Gasteiger partial charge in [-0.15, -0.1) is 0 Å². The molecular formula is C11H22N2O4. The highest BCUT2D eigenvalue weighted by Crippen LogP contribution is 1.93. The molecule has 2 amide bonds. The molecule has 0 saturated heterocycles. The maximum Gasteiger partial charge on any atom is 0.315 e. The molecule has 0 spiro atoms. The number of hydrogen-bond acceptors (Lipinski definition) is 3. The standard InChI is InChI=1S/C11H22N2O4/c1-3-17-8-9(2)13-11(16)12-7-5-4-6-10(14)15/h9H,3-8H2,1-2H3,(H,14,15)(H2,12,13,16). The molecule has 0 saturated carbocycles. The summed E-state index contributed by atoms with van der Waals surface area (Å²) >= 11 is 0. The Kier molecular flexibility index (Phi) is 9.14. The average Bonchev–Trinajstić information content (AvgIpc) is 2.25. The van der Waals surface area contributed by atoms with E-state index in [1.807, 2.05) is 13.8 Å². The monoisotopic (exact) mass is 246 g/mol. The predicted molar refractivity (Wildman–Crippen MR) is 64.0 cm³/mol. The van der Waals surface area contributed by atoms with E-state index in [0.29, 0.717) is 32.6 Å². The van der Waals surface area contributed by atoms with E-state index in [9.17, 15) is 9.59 Å². The molecule has 0 aromatic carbocycles. The number of nitrogens with one attached hydrogen (secondary N) is 2. The van der Waals surface area contributed by atoms with Crippen molar-refractivity contribution in [3.8, 4) is 0 Å². The average molecular weight is 246 g/mol. The van der Waals surface area contributed by atoms with Gasteiger partial charge in [-0.1, -0.05) is 0 Å². The van der Waals surface area contributed by atoms with Gasteiger partial charge in [0.1, 0.15) is 0 Å². The first-order valence-corrected chi connectivity index (χ1v) is 5.90. The first-order valence-electron chi connectivity index (χ1n) is 5.90.